The van der Waals surface area contributed by atoms with Gasteiger partial charge in [0.1, 0.15) is 0 Å². The molecule has 0 spiro atoms. The summed E-state index contributed by atoms with van der Waals surface area (Å²) in [5.41, 5.74) is 5.39. The molecule has 2 unspecified atom stereocenters. The van der Waals surface area contributed by atoms with E-state index in [0.717, 1.165) is 25.9 Å². The van der Waals surface area contributed by atoms with Crippen LogP contribution in [-0.4, -0.2) is 29.9 Å². The van der Waals surface area contributed by atoms with Gasteiger partial charge in [0.2, 0.25) is 5.91 Å². The van der Waals surface area contributed by atoms with Gasteiger partial charge in [-0.25, -0.2) is 0 Å². The number of carbonyl (C=O) groups is 1. The number of primary amides is 1. The first-order valence-corrected chi connectivity index (χ1v) is 6.68. The van der Waals surface area contributed by atoms with E-state index in [-0.39, 0.29) is 11.8 Å². The number of likely N-dealkylation sites (tertiary alicyclic amines) is 1. The van der Waals surface area contributed by atoms with Crippen LogP contribution in [-0.2, 0) is 4.79 Å². The highest BCUT2D eigenvalue weighted by Gasteiger charge is 2.27. The van der Waals surface area contributed by atoms with Crippen molar-refractivity contribution < 1.29 is 4.79 Å². The van der Waals surface area contributed by atoms with E-state index in [9.17, 15) is 4.79 Å². The Balaban J connectivity index is 2.29. The number of carbonyl (C=O) groups excluding carboxylic acids is 1. The van der Waals surface area contributed by atoms with Crippen LogP contribution in [0.25, 0.3) is 0 Å². The zero-order valence-corrected chi connectivity index (χ0v) is 10.7. The molecule has 0 aromatic carbocycles. The lowest BCUT2D eigenvalue weighted by atomic mass is 9.92. The summed E-state index contributed by atoms with van der Waals surface area (Å²) in [5, 5.41) is 0. The fraction of sp³-hybridized carbons (Fsp3) is 0.923. The van der Waals surface area contributed by atoms with Crippen LogP contribution in [0.3, 0.4) is 0 Å². The van der Waals surface area contributed by atoms with Crippen molar-refractivity contribution in [3.63, 3.8) is 0 Å². The summed E-state index contributed by atoms with van der Waals surface area (Å²) in [6.45, 7) is 6.50. The Bertz CT molecular complexity index is 218. The Labute approximate surface area is 99.4 Å². The molecule has 1 amide bonds. The van der Waals surface area contributed by atoms with E-state index in [1.807, 2.05) is 0 Å². The summed E-state index contributed by atoms with van der Waals surface area (Å²) < 4.78 is 0. The zero-order chi connectivity index (χ0) is 12.0. The fourth-order valence-corrected chi connectivity index (χ4v) is 2.46. The molecule has 1 heterocycles. The smallest absolute Gasteiger partial charge is 0.221 e. The van der Waals surface area contributed by atoms with Gasteiger partial charge in [0, 0.05) is 12.6 Å². The number of unbranched alkanes of at least 4 members (excludes halogenated alkanes) is 3. The van der Waals surface area contributed by atoms with Crippen molar-refractivity contribution in [2.75, 3.05) is 13.1 Å². The average molecular weight is 226 g/mol. The van der Waals surface area contributed by atoms with Crippen LogP contribution in [0.1, 0.15) is 52.4 Å². The van der Waals surface area contributed by atoms with E-state index < -0.39 is 0 Å². The van der Waals surface area contributed by atoms with E-state index in [0.29, 0.717) is 6.04 Å². The van der Waals surface area contributed by atoms with Crippen molar-refractivity contribution in [2.24, 2.45) is 11.7 Å². The molecule has 1 aliphatic heterocycles. The SMILES string of the molecule is CCCCCCN1CC(C(N)=O)CCC1C. The van der Waals surface area contributed by atoms with Gasteiger partial charge in [-0.2, -0.15) is 0 Å². The minimum Gasteiger partial charge on any atom is -0.369 e. The summed E-state index contributed by atoms with van der Waals surface area (Å²) >= 11 is 0. The summed E-state index contributed by atoms with van der Waals surface area (Å²) in [5.74, 6) is -0.0344. The Morgan fingerprint density at radius 3 is 2.69 bits per heavy atom. The fourth-order valence-electron chi connectivity index (χ4n) is 2.46. The highest BCUT2D eigenvalue weighted by atomic mass is 16.1. The number of piperidine rings is 1. The first-order valence-electron chi connectivity index (χ1n) is 6.68. The first-order chi connectivity index (χ1) is 7.65. The third-order valence-corrected chi connectivity index (χ3v) is 3.71. The first kappa shape index (κ1) is 13.5. The molecule has 0 aromatic rings. The van der Waals surface area contributed by atoms with Crippen LogP contribution < -0.4 is 5.73 Å². The lowest BCUT2D eigenvalue weighted by molar-refractivity contribution is -0.123. The summed E-state index contributed by atoms with van der Waals surface area (Å²) in [4.78, 5) is 13.6. The van der Waals surface area contributed by atoms with Crippen LogP contribution in [0, 0.1) is 5.92 Å². The second-order valence-corrected chi connectivity index (χ2v) is 5.08. The lowest BCUT2D eigenvalue weighted by Gasteiger charge is -2.36. The van der Waals surface area contributed by atoms with Crippen molar-refractivity contribution in [3.8, 4) is 0 Å². The molecule has 1 aliphatic rings. The minimum absolute atomic E-state index is 0.0855. The molecule has 0 bridgehead atoms. The van der Waals surface area contributed by atoms with Crippen molar-refractivity contribution in [2.45, 2.75) is 58.4 Å². The largest absolute Gasteiger partial charge is 0.369 e. The molecule has 2 N–H and O–H groups in total. The number of hydrogen-bond acceptors (Lipinski definition) is 2. The second kappa shape index (κ2) is 6.89. The Morgan fingerprint density at radius 1 is 1.31 bits per heavy atom. The van der Waals surface area contributed by atoms with Crippen LogP contribution >= 0.6 is 0 Å². The summed E-state index contributed by atoms with van der Waals surface area (Å²) in [6.07, 6.45) is 7.24. The quantitative estimate of drug-likeness (QED) is 0.705. The van der Waals surface area contributed by atoms with Gasteiger partial charge in [0.15, 0.2) is 0 Å². The van der Waals surface area contributed by atoms with Crippen molar-refractivity contribution in [1.82, 2.24) is 4.90 Å². The van der Waals surface area contributed by atoms with E-state index in [4.69, 9.17) is 5.73 Å². The van der Waals surface area contributed by atoms with Crippen molar-refractivity contribution in [1.29, 1.82) is 0 Å². The lowest BCUT2D eigenvalue weighted by Crippen LogP contribution is -2.46. The maximum atomic E-state index is 11.2. The molecule has 16 heavy (non-hydrogen) atoms. The highest BCUT2D eigenvalue weighted by Crippen LogP contribution is 2.22. The minimum atomic E-state index is -0.120. The number of nitrogens with two attached hydrogens (primary N) is 1. The van der Waals surface area contributed by atoms with Gasteiger partial charge in [-0.1, -0.05) is 26.2 Å². The van der Waals surface area contributed by atoms with E-state index in [1.165, 1.54) is 25.7 Å². The predicted octanol–water partition coefficient (Wildman–Crippen LogP) is 2.15. The van der Waals surface area contributed by atoms with Gasteiger partial charge in [-0.15, -0.1) is 0 Å². The molecule has 2 atom stereocenters. The van der Waals surface area contributed by atoms with Gasteiger partial charge in [-0.05, 0) is 32.7 Å². The number of nitrogens with zero attached hydrogens (tertiary/aromatic N) is 1. The van der Waals surface area contributed by atoms with Gasteiger partial charge in [0.25, 0.3) is 0 Å². The van der Waals surface area contributed by atoms with Gasteiger partial charge >= 0.3 is 0 Å². The van der Waals surface area contributed by atoms with Gasteiger partial charge in [-0.3, -0.25) is 9.69 Å². The molecular formula is C13H26N2O. The number of amides is 1. The topological polar surface area (TPSA) is 46.3 Å². The molecule has 0 saturated carbocycles. The molecule has 94 valence electrons. The molecule has 3 nitrogen and oxygen atoms in total. The molecule has 3 heteroatoms. The van der Waals surface area contributed by atoms with Crippen LogP contribution in [0.2, 0.25) is 0 Å². The molecule has 0 radical (unpaired) electrons. The van der Waals surface area contributed by atoms with E-state index in [1.54, 1.807) is 0 Å². The zero-order valence-electron chi connectivity index (χ0n) is 10.7. The summed E-state index contributed by atoms with van der Waals surface area (Å²) in [7, 11) is 0. The molecular weight excluding hydrogens is 200 g/mol. The normalized spacial score (nSPS) is 26.9. The maximum absolute atomic E-state index is 11.2. The predicted molar refractivity (Wildman–Crippen MR) is 67.1 cm³/mol. The highest BCUT2D eigenvalue weighted by molar-refractivity contribution is 5.76. The van der Waals surface area contributed by atoms with Crippen molar-refractivity contribution >= 4 is 5.91 Å². The molecule has 1 fully saturated rings. The van der Waals surface area contributed by atoms with Crippen LogP contribution in [0.15, 0.2) is 0 Å². The Hall–Kier alpha value is -0.570. The van der Waals surface area contributed by atoms with Crippen molar-refractivity contribution in [3.05, 3.63) is 0 Å². The maximum Gasteiger partial charge on any atom is 0.221 e. The second-order valence-electron chi connectivity index (χ2n) is 5.08. The Morgan fingerprint density at radius 2 is 2.06 bits per heavy atom. The van der Waals surface area contributed by atoms with E-state index >= 15 is 0 Å². The molecule has 1 rings (SSSR count). The third-order valence-electron chi connectivity index (χ3n) is 3.71. The van der Waals surface area contributed by atoms with Crippen LogP contribution in [0.4, 0.5) is 0 Å². The standard InChI is InChI=1S/C13H26N2O/c1-3-4-5-6-9-15-10-12(13(14)16)8-7-11(15)2/h11-12H,3-10H2,1-2H3,(H2,14,16). The third kappa shape index (κ3) is 4.12. The molecule has 0 aliphatic carbocycles. The number of hydrogen-bond donors (Lipinski definition) is 1. The summed E-state index contributed by atoms with van der Waals surface area (Å²) in [6, 6.07) is 0.622. The van der Waals surface area contributed by atoms with Crippen LogP contribution in [0.5, 0.6) is 0 Å². The number of rotatable bonds is 6. The average Bonchev–Trinajstić information content (AvgIpc) is 2.26. The molecule has 1 saturated heterocycles. The van der Waals surface area contributed by atoms with Gasteiger partial charge < -0.3 is 5.73 Å². The monoisotopic (exact) mass is 226 g/mol. The van der Waals surface area contributed by atoms with Gasteiger partial charge in [0.05, 0.1) is 5.92 Å². The van der Waals surface area contributed by atoms with E-state index in [2.05, 4.69) is 18.7 Å². The Kier molecular flexibility index (Phi) is 5.81. The molecule has 0 aromatic heterocycles.